The zero-order valence-electron chi connectivity index (χ0n) is 11.5. The summed E-state index contributed by atoms with van der Waals surface area (Å²) in [6.45, 7) is 3.75. The van der Waals surface area contributed by atoms with Crippen LogP contribution in [0.4, 0.5) is 0 Å². The van der Waals surface area contributed by atoms with E-state index in [4.69, 9.17) is 8.83 Å². The van der Waals surface area contributed by atoms with Crippen molar-refractivity contribution in [2.75, 3.05) is 13.6 Å². The molecule has 0 unspecified atom stereocenters. The van der Waals surface area contributed by atoms with E-state index in [0.717, 1.165) is 0 Å². The van der Waals surface area contributed by atoms with Crippen LogP contribution in [0.5, 0.6) is 5.75 Å². The van der Waals surface area contributed by atoms with Crippen LogP contribution in [0.15, 0.2) is 21.0 Å². The Morgan fingerprint density at radius 1 is 1.15 bits per heavy atom. The van der Waals surface area contributed by atoms with Gasteiger partial charge in [-0.25, -0.2) is 0 Å². The Morgan fingerprint density at radius 2 is 1.75 bits per heavy atom. The molecule has 0 saturated heterocycles. The van der Waals surface area contributed by atoms with Gasteiger partial charge in [-0.1, -0.05) is 0 Å². The van der Waals surface area contributed by atoms with Gasteiger partial charge < -0.3 is 19.3 Å². The number of benzene rings is 1. The maximum atomic E-state index is 12.4. The molecule has 0 aliphatic carbocycles. The van der Waals surface area contributed by atoms with Gasteiger partial charge in [-0.15, -0.1) is 0 Å². The quantitative estimate of drug-likeness (QED) is 0.718. The van der Waals surface area contributed by atoms with Gasteiger partial charge in [0.15, 0.2) is 17.1 Å². The molecule has 0 atom stereocenters. The molecular formula is C15H15NO4. The summed E-state index contributed by atoms with van der Waals surface area (Å²) in [5, 5.41) is 14.2. The Hall–Kier alpha value is -2.27. The van der Waals surface area contributed by atoms with Crippen molar-refractivity contribution in [3.05, 3.63) is 29.2 Å². The third kappa shape index (κ3) is 1.71. The molecule has 20 heavy (non-hydrogen) atoms. The molecule has 5 heteroatoms. The number of ketones is 1. The molecule has 0 bridgehead atoms. The van der Waals surface area contributed by atoms with Gasteiger partial charge in [-0.2, -0.15) is 0 Å². The summed E-state index contributed by atoms with van der Waals surface area (Å²) < 4.78 is 11.1. The van der Waals surface area contributed by atoms with Crippen LogP contribution in [0.25, 0.3) is 21.9 Å². The highest BCUT2D eigenvalue weighted by atomic mass is 16.4. The van der Waals surface area contributed by atoms with E-state index in [2.05, 4.69) is 5.32 Å². The van der Waals surface area contributed by atoms with Crippen molar-refractivity contribution in [3.63, 3.8) is 0 Å². The largest absolute Gasteiger partial charge is 0.504 e. The number of hydrogen-bond donors (Lipinski definition) is 2. The number of hydrogen-bond acceptors (Lipinski definition) is 5. The average Bonchev–Trinajstić information content (AvgIpc) is 2.93. The second-order valence-electron chi connectivity index (χ2n) is 4.88. The number of furan rings is 2. The first-order valence-electron chi connectivity index (χ1n) is 6.36. The first kappa shape index (κ1) is 12.7. The van der Waals surface area contributed by atoms with Crippen LogP contribution in [0, 0.1) is 13.8 Å². The van der Waals surface area contributed by atoms with Crippen LogP contribution in [0.3, 0.4) is 0 Å². The fourth-order valence-electron chi connectivity index (χ4n) is 2.52. The maximum Gasteiger partial charge on any atom is 0.181 e. The van der Waals surface area contributed by atoms with Crippen LogP contribution in [0.1, 0.15) is 21.9 Å². The van der Waals surface area contributed by atoms with Gasteiger partial charge >= 0.3 is 0 Å². The van der Waals surface area contributed by atoms with E-state index < -0.39 is 0 Å². The minimum atomic E-state index is -0.0994. The molecule has 0 radical (unpaired) electrons. The number of carbonyl (C=O) groups is 1. The SMILES string of the molecule is CNCC(=O)c1c2cc(C)oc2c(O)c2cc(C)oc12. The number of phenolic OH excluding ortho intramolecular Hbond substituents is 1. The molecule has 1 aromatic carbocycles. The molecule has 2 heterocycles. The first-order chi connectivity index (χ1) is 9.52. The summed E-state index contributed by atoms with van der Waals surface area (Å²) in [7, 11) is 1.71. The molecule has 104 valence electrons. The van der Waals surface area contributed by atoms with Crippen LogP contribution in [-0.2, 0) is 0 Å². The summed E-state index contributed by atoms with van der Waals surface area (Å²) in [6, 6.07) is 3.45. The Bertz CT molecular complexity index is 768. The topological polar surface area (TPSA) is 75.6 Å². The van der Waals surface area contributed by atoms with E-state index in [0.29, 0.717) is 39.0 Å². The molecule has 0 fully saturated rings. The molecule has 2 N–H and O–H groups in total. The van der Waals surface area contributed by atoms with Crippen molar-refractivity contribution in [3.8, 4) is 5.75 Å². The van der Waals surface area contributed by atoms with E-state index >= 15 is 0 Å². The lowest BCUT2D eigenvalue weighted by atomic mass is 10.0. The van der Waals surface area contributed by atoms with Gasteiger partial charge in [0.05, 0.1) is 17.5 Å². The summed E-state index contributed by atoms with van der Waals surface area (Å²) in [5.41, 5.74) is 1.19. The fourth-order valence-corrected chi connectivity index (χ4v) is 2.52. The van der Waals surface area contributed by atoms with E-state index in [1.807, 2.05) is 0 Å². The van der Waals surface area contributed by atoms with Crippen molar-refractivity contribution in [1.82, 2.24) is 5.32 Å². The van der Waals surface area contributed by atoms with Crippen LogP contribution >= 0.6 is 0 Å². The van der Waals surface area contributed by atoms with Crippen LogP contribution in [0.2, 0.25) is 0 Å². The molecule has 3 rings (SSSR count). The number of phenols is 1. The highest BCUT2D eigenvalue weighted by Gasteiger charge is 2.24. The summed E-state index contributed by atoms with van der Waals surface area (Å²) in [6.07, 6.45) is 0. The molecule has 0 aliphatic heterocycles. The molecule has 0 spiro atoms. The lowest BCUT2D eigenvalue weighted by molar-refractivity contribution is 0.0996. The highest BCUT2D eigenvalue weighted by Crippen LogP contribution is 2.40. The first-order valence-corrected chi connectivity index (χ1v) is 6.36. The number of carbonyl (C=O) groups excluding carboxylic acids is 1. The van der Waals surface area contributed by atoms with Crippen molar-refractivity contribution >= 4 is 27.7 Å². The maximum absolute atomic E-state index is 12.4. The molecule has 0 aliphatic rings. The molecule has 3 aromatic rings. The van der Waals surface area contributed by atoms with Gasteiger partial charge in [-0.3, -0.25) is 4.79 Å². The zero-order chi connectivity index (χ0) is 14.4. The van der Waals surface area contributed by atoms with Gasteiger partial charge in [0.1, 0.15) is 17.1 Å². The van der Waals surface area contributed by atoms with E-state index in [9.17, 15) is 9.90 Å². The minimum Gasteiger partial charge on any atom is -0.504 e. The van der Waals surface area contributed by atoms with Gasteiger partial charge in [-0.05, 0) is 33.0 Å². The third-order valence-corrected chi connectivity index (χ3v) is 3.29. The van der Waals surface area contributed by atoms with Crippen molar-refractivity contribution in [1.29, 1.82) is 0 Å². The standard InChI is InChI=1S/C15H15NO4/c1-7-4-9-12(11(17)6-16-3)14-10(5-8(2)19-14)13(18)15(9)20-7/h4-5,16,18H,6H2,1-3H3. The smallest absolute Gasteiger partial charge is 0.181 e. The number of nitrogens with one attached hydrogen (secondary N) is 1. The Balaban J connectivity index is 2.48. The number of aryl methyl sites for hydroxylation is 2. The Kier molecular flexibility index (Phi) is 2.79. The second-order valence-corrected chi connectivity index (χ2v) is 4.88. The lowest BCUT2D eigenvalue weighted by Crippen LogP contribution is -2.18. The van der Waals surface area contributed by atoms with Crippen LogP contribution in [-0.4, -0.2) is 24.5 Å². The number of rotatable bonds is 3. The lowest BCUT2D eigenvalue weighted by Gasteiger charge is -2.05. The monoisotopic (exact) mass is 273 g/mol. The van der Waals surface area contributed by atoms with Crippen LogP contribution < -0.4 is 5.32 Å². The summed E-state index contributed by atoms with van der Waals surface area (Å²) in [4.78, 5) is 12.4. The zero-order valence-corrected chi connectivity index (χ0v) is 11.5. The summed E-state index contributed by atoms with van der Waals surface area (Å²) in [5.74, 6) is 1.19. The predicted octanol–water partition coefficient (Wildman–Crippen LogP) is 2.90. The average molecular weight is 273 g/mol. The normalized spacial score (nSPS) is 11.6. The number of fused-ring (bicyclic) bond motifs is 2. The van der Waals surface area contributed by atoms with Crippen molar-refractivity contribution in [2.24, 2.45) is 0 Å². The molecule has 5 nitrogen and oxygen atoms in total. The van der Waals surface area contributed by atoms with E-state index in [1.165, 1.54) is 0 Å². The fraction of sp³-hybridized carbons (Fsp3) is 0.267. The van der Waals surface area contributed by atoms with E-state index in [-0.39, 0.29) is 18.1 Å². The minimum absolute atomic E-state index is 0.0148. The van der Waals surface area contributed by atoms with Gasteiger partial charge in [0.25, 0.3) is 0 Å². The van der Waals surface area contributed by atoms with Crippen molar-refractivity contribution < 1.29 is 18.7 Å². The van der Waals surface area contributed by atoms with E-state index in [1.54, 1.807) is 33.0 Å². The van der Waals surface area contributed by atoms with Crippen molar-refractivity contribution in [2.45, 2.75) is 13.8 Å². The van der Waals surface area contributed by atoms with Gasteiger partial charge in [0.2, 0.25) is 0 Å². The number of Topliss-reactive ketones (excluding diaryl/α,β-unsaturated/α-hetero) is 1. The number of aromatic hydroxyl groups is 1. The molecule has 0 amide bonds. The third-order valence-electron chi connectivity index (χ3n) is 3.29. The van der Waals surface area contributed by atoms with Gasteiger partial charge in [0, 0.05) is 5.39 Å². The highest BCUT2D eigenvalue weighted by molar-refractivity contribution is 6.19. The molecule has 2 aromatic heterocycles. The summed E-state index contributed by atoms with van der Waals surface area (Å²) >= 11 is 0. The molecular weight excluding hydrogens is 258 g/mol. The predicted molar refractivity (Wildman–Crippen MR) is 75.4 cm³/mol. The molecule has 0 saturated carbocycles. The second kappa shape index (κ2) is 4.38. The Morgan fingerprint density at radius 3 is 2.40 bits per heavy atom. The number of likely N-dealkylation sites (N-methyl/N-ethyl adjacent to an activating group) is 1. The Labute approximate surface area is 115 Å².